The number of rotatable bonds is 3. The molecule has 0 spiro atoms. The smallest absolute Gasteiger partial charge is 0.253 e. The fraction of sp³-hybridized carbons (Fsp3) is 0.381. The van der Waals surface area contributed by atoms with Gasteiger partial charge in [0.2, 0.25) is 0 Å². The van der Waals surface area contributed by atoms with E-state index in [9.17, 15) is 4.79 Å². The Morgan fingerprint density at radius 3 is 2.42 bits per heavy atom. The first kappa shape index (κ1) is 16.6. The lowest BCUT2D eigenvalue weighted by Crippen LogP contribution is -2.51. The van der Waals surface area contributed by atoms with Gasteiger partial charge in [0.05, 0.1) is 11.9 Å². The predicted molar refractivity (Wildman–Crippen MR) is 99.8 cm³/mol. The van der Waals surface area contributed by atoms with Gasteiger partial charge in [-0.3, -0.25) is 4.79 Å². The summed E-state index contributed by atoms with van der Waals surface area (Å²) in [7, 11) is 1.93. The van der Waals surface area contributed by atoms with Crippen LogP contribution >= 0.6 is 0 Å². The van der Waals surface area contributed by atoms with Crippen LogP contribution in [0.5, 0.6) is 0 Å². The molecule has 2 aromatic rings. The summed E-state index contributed by atoms with van der Waals surface area (Å²) >= 11 is 0. The molecule has 0 N–H and O–H groups in total. The quantitative estimate of drug-likeness (QED) is 0.856. The van der Waals surface area contributed by atoms with Gasteiger partial charge in [-0.1, -0.05) is 18.2 Å². The molecule has 5 nitrogen and oxygen atoms in total. The van der Waals surface area contributed by atoms with Crippen molar-refractivity contribution in [2.45, 2.75) is 43.8 Å². The van der Waals surface area contributed by atoms with Gasteiger partial charge in [0, 0.05) is 30.7 Å². The van der Waals surface area contributed by atoms with Crippen LogP contribution in [0, 0.1) is 11.3 Å². The molecule has 0 radical (unpaired) electrons. The average molecular weight is 346 g/mol. The van der Waals surface area contributed by atoms with Crippen molar-refractivity contribution in [3.8, 4) is 6.07 Å². The van der Waals surface area contributed by atoms with Crippen LogP contribution in [0.2, 0.25) is 0 Å². The van der Waals surface area contributed by atoms with Gasteiger partial charge in [0.25, 0.3) is 5.91 Å². The minimum Gasteiger partial charge on any atom is -0.364 e. The molecule has 2 saturated heterocycles. The van der Waals surface area contributed by atoms with Crippen LogP contribution in [0.15, 0.2) is 48.7 Å². The number of benzene rings is 1. The van der Waals surface area contributed by atoms with Crippen molar-refractivity contribution in [3.63, 3.8) is 0 Å². The number of anilines is 1. The molecule has 1 aromatic carbocycles. The third-order valence-electron chi connectivity index (χ3n) is 5.76. The number of carbonyl (C=O) groups is 1. The number of nitrogens with zero attached hydrogens (tertiary/aromatic N) is 4. The number of carbonyl (C=O) groups excluding carboxylic acids is 1. The summed E-state index contributed by atoms with van der Waals surface area (Å²) in [5, 5.41) is 8.93. The zero-order valence-corrected chi connectivity index (χ0v) is 14.9. The van der Waals surface area contributed by atoms with Crippen molar-refractivity contribution < 1.29 is 4.79 Å². The molecular formula is C21H22N4O. The van der Waals surface area contributed by atoms with Gasteiger partial charge in [0.1, 0.15) is 11.8 Å². The maximum atomic E-state index is 12.8. The van der Waals surface area contributed by atoms with E-state index in [1.165, 1.54) is 0 Å². The molecule has 2 aliphatic rings. The molecule has 0 saturated carbocycles. The topological polar surface area (TPSA) is 60.2 Å². The Morgan fingerprint density at radius 2 is 1.85 bits per heavy atom. The Bertz CT molecular complexity index is 813. The average Bonchev–Trinajstić information content (AvgIpc) is 2.96. The highest BCUT2D eigenvalue weighted by Gasteiger charge is 2.42. The first-order valence-corrected chi connectivity index (χ1v) is 9.14. The van der Waals surface area contributed by atoms with Crippen LogP contribution in [0.1, 0.15) is 41.7 Å². The van der Waals surface area contributed by atoms with Gasteiger partial charge < -0.3 is 9.80 Å². The fourth-order valence-corrected chi connectivity index (χ4v) is 4.44. The largest absolute Gasteiger partial charge is 0.364 e. The van der Waals surface area contributed by atoms with E-state index in [2.05, 4.69) is 16.0 Å². The minimum atomic E-state index is 0.100. The Labute approximate surface area is 153 Å². The Morgan fingerprint density at radius 1 is 1.15 bits per heavy atom. The summed E-state index contributed by atoms with van der Waals surface area (Å²) < 4.78 is 0. The monoisotopic (exact) mass is 346 g/mol. The van der Waals surface area contributed by atoms with E-state index in [0.717, 1.165) is 36.9 Å². The predicted octanol–water partition coefficient (Wildman–Crippen LogP) is 3.23. The lowest BCUT2D eigenvalue weighted by molar-refractivity contribution is 0.0693. The number of pyridine rings is 1. The van der Waals surface area contributed by atoms with Gasteiger partial charge in [-0.2, -0.15) is 5.26 Å². The second-order valence-corrected chi connectivity index (χ2v) is 7.21. The SMILES string of the molecule is CN(C(=O)c1ccccc1)C1C[C@H]2CC[C@@H](C1)N2c1ccc(C#N)nc1. The number of hydrogen-bond acceptors (Lipinski definition) is 4. The summed E-state index contributed by atoms with van der Waals surface area (Å²) in [5.74, 6) is 0.100. The van der Waals surface area contributed by atoms with E-state index in [-0.39, 0.29) is 11.9 Å². The molecule has 3 atom stereocenters. The number of amides is 1. The molecule has 2 bridgehead atoms. The Hall–Kier alpha value is -2.87. The minimum absolute atomic E-state index is 0.100. The Kier molecular flexibility index (Phi) is 4.34. The lowest BCUT2D eigenvalue weighted by Gasteiger charge is -2.43. The van der Waals surface area contributed by atoms with Crippen LogP contribution in [0.4, 0.5) is 5.69 Å². The maximum absolute atomic E-state index is 12.8. The number of piperidine rings is 1. The fourth-order valence-electron chi connectivity index (χ4n) is 4.44. The number of fused-ring (bicyclic) bond motifs is 2. The summed E-state index contributed by atoms with van der Waals surface area (Å²) in [6, 6.07) is 16.5. The maximum Gasteiger partial charge on any atom is 0.253 e. The number of nitriles is 1. The van der Waals surface area contributed by atoms with E-state index >= 15 is 0 Å². The standard InChI is InChI=1S/C21H22N4O/c1-24(21(26)15-5-3-2-4-6-15)20-11-17-9-10-18(12-20)25(17)19-8-7-16(13-22)23-14-19/h2-8,14,17-18,20H,9-12H2,1H3/t17-,18+,20?. The highest BCUT2D eigenvalue weighted by atomic mass is 16.2. The van der Waals surface area contributed by atoms with E-state index in [1.807, 2.05) is 54.5 Å². The van der Waals surface area contributed by atoms with Gasteiger partial charge in [-0.15, -0.1) is 0 Å². The van der Waals surface area contributed by atoms with Crippen molar-refractivity contribution >= 4 is 11.6 Å². The van der Waals surface area contributed by atoms with Crippen LogP contribution in [-0.2, 0) is 0 Å². The Balaban J connectivity index is 1.49. The van der Waals surface area contributed by atoms with Crippen LogP contribution in [0.25, 0.3) is 0 Å². The molecule has 1 unspecified atom stereocenters. The number of aromatic nitrogens is 1. The molecule has 2 aliphatic heterocycles. The van der Waals surface area contributed by atoms with E-state index in [4.69, 9.17) is 5.26 Å². The number of hydrogen-bond donors (Lipinski definition) is 0. The summed E-state index contributed by atoms with van der Waals surface area (Å²) in [6.07, 6.45) is 6.06. The van der Waals surface area contributed by atoms with Crippen molar-refractivity contribution in [1.82, 2.24) is 9.88 Å². The molecule has 26 heavy (non-hydrogen) atoms. The van der Waals surface area contributed by atoms with Gasteiger partial charge >= 0.3 is 0 Å². The van der Waals surface area contributed by atoms with Crippen molar-refractivity contribution in [2.75, 3.05) is 11.9 Å². The first-order valence-electron chi connectivity index (χ1n) is 9.14. The van der Waals surface area contributed by atoms with Gasteiger partial charge in [-0.05, 0) is 49.9 Å². The zero-order chi connectivity index (χ0) is 18.1. The molecule has 2 fully saturated rings. The molecule has 5 heteroatoms. The highest BCUT2D eigenvalue weighted by molar-refractivity contribution is 5.94. The van der Waals surface area contributed by atoms with Crippen molar-refractivity contribution in [2.24, 2.45) is 0 Å². The lowest BCUT2D eigenvalue weighted by atomic mass is 9.95. The van der Waals surface area contributed by atoms with E-state index < -0.39 is 0 Å². The molecule has 1 aromatic heterocycles. The van der Waals surface area contributed by atoms with Crippen molar-refractivity contribution in [3.05, 3.63) is 59.9 Å². The third-order valence-corrected chi connectivity index (χ3v) is 5.76. The third kappa shape index (κ3) is 2.92. The summed E-state index contributed by atoms with van der Waals surface area (Å²) in [6.45, 7) is 0. The molecule has 0 aliphatic carbocycles. The molecule has 1 amide bonds. The second kappa shape index (κ2) is 6.80. The van der Waals surface area contributed by atoms with Gasteiger partial charge in [-0.25, -0.2) is 4.98 Å². The molecule has 132 valence electrons. The molecular weight excluding hydrogens is 324 g/mol. The van der Waals surface area contributed by atoms with Crippen molar-refractivity contribution in [1.29, 1.82) is 5.26 Å². The summed E-state index contributed by atoms with van der Waals surface area (Å²) in [4.78, 5) is 21.4. The van der Waals surface area contributed by atoms with Crippen LogP contribution in [-0.4, -0.2) is 41.0 Å². The van der Waals surface area contributed by atoms with E-state index in [1.54, 1.807) is 6.07 Å². The second-order valence-electron chi connectivity index (χ2n) is 7.21. The molecule has 3 heterocycles. The first-order chi connectivity index (χ1) is 12.7. The molecule has 4 rings (SSSR count). The van der Waals surface area contributed by atoms with Gasteiger partial charge in [0.15, 0.2) is 0 Å². The highest BCUT2D eigenvalue weighted by Crippen LogP contribution is 2.40. The zero-order valence-electron chi connectivity index (χ0n) is 14.9. The van der Waals surface area contributed by atoms with E-state index in [0.29, 0.717) is 17.8 Å². The van der Waals surface area contributed by atoms with Crippen LogP contribution in [0.3, 0.4) is 0 Å². The summed E-state index contributed by atoms with van der Waals surface area (Å²) in [5.41, 5.74) is 2.29. The normalized spacial score (nSPS) is 24.2. The van der Waals surface area contributed by atoms with Crippen LogP contribution < -0.4 is 4.90 Å².